The van der Waals surface area contributed by atoms with Gasteiger partial charge in [0.25, 0.3) is 0 Å². The molecule has 1 rings (SSSR count). The van der Waals surface area contributed by atoms with Gasteiger partial charge in [0.05, 0.1) is 5.69 Å². The number of hydrazine groups is 1. The van der Waals surface area contributed by atoms with Gasteiger partial charge in [-0.3, -0.25) is 15.6 Å². The first kappa shape index (κ1) is 13.7. The molecule has 0 atom stereocenters. The number of benzene rings is 1. The Morgan fingerprint density at radius 1 is 1.33 bits per heavy atom. The van der Waals surface area contributed by atoms with Gasteiger partial charge >= 0.3 is 0 Å². The molecule has 0 radical (unpaired) electrons. The lowest BCUT2D eigenvalue weighted by molar-refractivity contribution is -0.120. The first-order chi connectivity index (χ1) is 6.72. The van der Waals surface area contributed by atoms with Crippen molar-refractivity contribution in [2.24, 2.45) is 5.73 Å². The predicted octanol–water partition coefficient (Wildman–Crippen LogP) is 1.04. The van der Waals surface area contributed by atoms with Gasteiger partial charge in [-0.15, -0.1) is 12.4 Å². The molecule has 0 saturated heterocycles. The quantitative estimate of drug-likeness (QED) is 0.681. The van der Waals surface area contributed by atoms with Crippen LogP contribution in [0.5, 0.6) is 0 Å². The van der Waals surface area contributed by atoms with Crippen molar-refractivity contribution < 1.29 is 9.18 Å². The Labute approximate surface area is 93.4 Å². The number of anilines is 1. The average Bonchev–Trinajstić information content (AvgIpc) is 2.17. The van der Waals surface area contributed by atoms with Crippen molar-refractivity contribution in [1.29, 1.82) is 0 Å². The molecule has 6 heteroatoms. The summed E-state index contributed by atoms with van der Waals surface area (Å²) in [6.45, 7) is 0.303. The lowest BCUT2D eigenvalue weighted by Crippen LogP contribution is -2.30. The highest BCUT2D eigenvalue weighted by atomic mass is 35.5. The van der Waals surface area contributed by atoms with E-state index in [4.69, 9.17) is 5.73 Å². The van der Waals surface area contributed by atoms with Gasteiger partial charge in [0.15, 0.2) is 0 Å². The molecule has 1 amide bonds. The van der Waals surface area contributed by atoms with Crippen molar-refractivity contribution in [3.05, 3.63) is 30.1 Å². The van der Waals surface area contributed by atoms with E-state index < -0.39 is 0 Å². The van der Waals surface area contributed by atoms with Crippen LogP contribution in [0, 0.1) is 5.82 Å². The molecule has 0 aromatic heterocycles. The molecule has 0 fully saturated rings. The van der Waals surface area contributed by atoms with Crippen LogP contribution in [-0.4, -0.2) is 12.5 Å². The molecule has 0 aliphatic heterocycles. The molecule has 4 N–H and O–H groups in total. The fourth-order valence-electron chi connectivity index (χ4n) is 0.869. The van der Waals surface area contributed by atoms with Crippen LogP contribution in [-0.2, 0) is 4.79 Å². The van der Waals surface area contributed by atoms with Gasteiger partial charge in [-0.1, -0.05) is 0 Å². The first-order valence-corrected chi connectivity index (χ1v) is 4.23. The molecular formula is C9H13ClFN3O. The standard InChI is InChI=1S/C9H12FN3O.ClH/c10-7-1-3-8(4-2-7)12-13-9(14)5-6-11;/h1-4,12H,5-6,11H2,(H,13,14);1H. The fraction of sp³-hybridized carbons (Fsp3) is 0.222. The van der Waals surface area contributed by atoms with E-state index in [-0.39, 0.29) is 30.6 Å². The molecule has 0 bridgehead atoms. The minimum absolute atomic E-state index is 0. The van der Waals surface area contributed by atoms with Crippen LogP contribution in [0.3, 0.4) is 0 Å². The number of carbonyl (C=O) groups excluding carboxylic acids is 1. The highest BCUT2D eigenvalue weighted by molar-refractivity contribution is 5.85. The van der Waals surface area contributed by atoms with Crippen molar-refractivity contribution in [3.8, 4) is 0 Å². The Bertz CT molecular complexity index is 305. The Morgan fingerprint density at radius 2 is 1.93 bits per heavy atom. The molecule has 0 aliphatic rings. The molecule has 0 aliphatic carbocycles. The molecule has 1 aromatic rings. The number of carbonyl (C=O) groups is 1. The normalized spacial score (nSPS) is 8.93. The van der Waals surface area contributed by atoms with Gasteiger partial charge in [0.2, 0.25) is 5.91 Å². The van der Waals surface area contributed by atoms with Crippen molar-refractivity contribution in [2.45, 2.75) is 6.42 Å². The van der Waals surface area contributed by atoms with E-state index in [1.807, 2.05) is 0 Å². The first-order valence-electron chi connectivity index (χ1n) is 4.23. The van der Waals surface area contributed by atoms with E-state index in [1.165, 1.54) is 24.3 Å². The molecule has 1 aromatic carbocycles. The van der Waals surface area contributed by atoms with Gasteiger partial charge in [-0.2, -0.15) is 0 Å². The molecule has 0 saturated carbocycles. The van der Waals surface area contributed by atoms with Crippen LogP contribution < -0.4 is 16.6 Å². The Balaban J connectivity index is 0.00000196. The minimum atomic E-state index is -0.316. The maximum atomic E-state index is 12.5. The van der Waals surface area contributed by atoms with Gasteiger partial charge < -0.3 is 5.73 Å². The third-order valence-electron chi connectivity index (χ3n) is 1.56. The van der Waals surface area contributed by atoms with Crippen LogP contribution >= 0.6 is 12.4 Å². The summed E-state index contributed by atoms with van der Waals surface area (Å²) in [5, 5.41) is 0. The molecule has 0 unspecified atom stereocenters. The van der Waals surface area contributed by atoms with Crippen molar-refractivity contribution in [1.82, 2.24) is 5.43 Å². The Hall–Kier alpha value is -1.33. The summed E-state index contributed by atoms with van der Waals surface area (Å²) in [6, 6.07) is 5.66. The molecule has 0 heterocycles. The van der Waals surface area contributed by atoms with Gasteiger partial charge in [-0.05, 0) is 24.3 Å². The van der Waals surface area contributed by atoms with Gasteiger partial charge in [0.1, 0.15) is 5.82 Å². The van der Waals surface area contributed by atoms with Crippen LogP contribution in [0.25, 0.3) is 0 Å². The van der Waals surface area contributed by atoms with Crippen LogP contribution in [0.1, 0.15) is 6.42 Å². The summed E-state index contributed by atoms with van der Waals surface area (Å²) < 4.78 is 12.5. The van der Waals surface area contributed by atoms with E-state index in [0.717, 1.165) is 0 Å². The Kier molecular flexibility index (Phi) is 6.40. The van der Waals surface area contributed by atoms with E-state index in [2.05, 4.69) is 10.9 Å². The number of nitrogens with two attached hydrogens (primary N) is 1. The van der Waals surface area contributed by atoms with Gasteiger partial charge in [0, 0.05) is 13.0 Å². The SMILES string of the molecule is Cl.NCCC(=O)NNc1ccc(F)cc1. The zero-order chi connectivity index (χ0) is 10.4. The fourth-order valence-corrected chi connectivity index (χ4v) is 0.869. The lowest BCUT2D eigenvalue weighted by atomic mass is 10.3. The molecular weight excluding hydrogens is 221 g/mol. The molecule has 0 spiro atoms. The second-order valence-corrected chi connectivity index (χ2v) is 2.72. The van der Waals surface area contributed by atoms with Crippen molar-refractivity contribution in [3.63, 3.8) is 0 Å². The maximum absolute atomic E-state index is 12.5. The average molecular weight is 234 g/mol. The van der Waals surface area contributed by atoms with Crippen LogP contribution in [0.15, 0.2) is 24.3 Å². The number of hydrogen-bond donors (Lipinski definition) is 3. The Morgan fingerprint density at radius 3 is 2.47 bits per heavy atom. The van der Waals surface area contributed by atoms with E-state index in [1.54, 1.807) is 0 Å². The number of rotatable bonds is 4. The zero-order valence-corrected chi connectivity index (χ0v) is 8.81. The number of amides is 1. The number of hydrogen-bond acceptors (Lipinski definition) is 3. The smallest absolute Gasteiger partial charge is 0.239 e. The predicted molar refractivity (Wildman–Crippen MR) is 59.1 cm³/mol. The van der Waals surface area contributed by atoms with E-state index >= 15 is 0 Å². The summed E-state index contributed by atoms with van der Waals surface area (Å²) in [4.78, 5) is 11.0. The van der Waals surface area contributed by atoms with Crippen molar-refractivity contribution in [2.75, 3.05) is 12.0 Å². The second-order valence-electron chi connectivity index (χ2n) is 2.72. The molecule has 15 heavy (non-hydrogen) atoms. The molecule has 84 valence electrons. The van der Waals surface area contributed by atoms with Crippen molar-refractivity contribution >= 4 is 24.0 Å². The summed E-state index contributed by atoms with van der Waals surface area (Å²) in [7, 11) is 0. The summed E-state index contributed by atoms with van der Waals surface area (Å²) >= 11 is 0. The summed E-state index contributed by atoms with van der Waals surface area (Å²) in [5.74, 6) is -0.513. The zero-order valence-electron chi connectivity index (χ0n) is 8.00. The third kappa shape index (κ3) is 5.19. The number of halogens is 2. The van der Waals surface area contributed by atoms with E-state index in [9.17, 15) is 9.18 Å². The molecule has 4 nitrogen and oxygen atoms in total. The second kappa shape index (κ2) is 7.03. The summed E-state index contributed by atoms with van der Waals surface area (Å²) in [5.41, 5.74) is 10.9. The maximum Gasteiger partial charge on any atom is 0.239 e. The lowest BCUT2D eigenvalue weighted by Gasteiger charge is -2.07. The topological polar surface area (TPSA) is 67.2 Å². The highest BCUT2D eigenvalue weighted by Crippen LogP contribution is 2.06. The largest absolute Gasteiger partial charge is 0.330 e. The van der Waals surface area contributed by atoms with Crippen LogP contribution in [0.4, 0.5) is 10.1 Å². The monoisotopic (exact) mass is 233 g/mol. The highest BCUT2D eigenvalue weighted by Gasteiger charge is 1.97. The van der Waals surface area contributed by atoms with E-state index in [0.29, 0.717) is 12.2 Å². The van der Waals surface area contributed by atoms with Crippen LogP contribution in [0.2, 0.25) is 0 Å². The third-order valence-corrected chi connectivity index (χ3v) is 1.56. The van der Waals surface area contributed by atoms with Gasteiger partial charge in [-0.25, -0.2) is 4.39 Å². The number of nitrogens with one attached hydrogen (secondary N) is 2. The minimum Gasteiger partial charge on any atom is -0.330 e. The summed E-state index contributed by atoms with van der Waals surface area (Å²) in [6.07, 6.45) is 0.258.